The highest BCUT2D eigenvalue weighted by Crippen LogP contribution is 2.29. The van der Waals surface area contributed by atoms with Crippen LogP contribution in [-0.4, -0.2) is 24.2 Å². The van der Waals surface area contributed by atoms with Crippen LogP contribution in [0.4, 0.5) is 5.69 Å². The van der Waals surface area contributed by atoms with Crippen molar-refractivity contribution in [3.63, 3.8) is 0 Å². The van der Waals surface area contributed by atoms with Crippen molar-refractivity contribution in [1.82, 2.24) is 0 Å². The number of benzene rings is 1. The molecule has 1 rings (SSSR count). The molecule has 0 bridgehead atoms. The maximum atomic E-state index is 11.0. The van der Waals surface area contributed by atoms with Crippen molar-refractivity contribution in [2.24, 2.45) is 0 Å². The molecule has 82 valence electrons. The van der Waals surface area contributed by atoms with Gasteiger partial charge in [0.1, 0.15) is 0 Å². The predicted octanol–water partition coefficient (Wildman–Crippen LogP) is 2.88. The van der Waals surface area contributed by atoms with Crippen LogP contribution in [0.25, 0.3) is 0 Å². The highest BCUT2D eigenvalue weighted by Gasteiger charge is 2.16. The zero-order valence-corrected chi connectivity index (χ0v) is 9.58. The molecule has 0 saturated heterocycles. The number of halogens is 1. The van der Waals surface area contributed by atoms with Crippen LogP contribution in [0.2, 0.25) is 5.02 Å². The average Bonchev–Trinajstić information content (AvgIpc) is 2.21. The molecule has 0 aliphatic heterocycles. The van der Waals surface area contributed by atoms with E-state index in [2.05, 4.69) is 0 Å². The van der Waals surface area contributed by atoms with E-state index in [9.17, 15) is 4.79 Å². The third-order valence-electron chi connectivity index (χ3n) is 2.30. The minimum atomic E-state index is -0.945. The molecule has 0 aromatic heterocycles. The molecule has 0 atom stereocenters. The SMILES string of the molecule is CCN(CC)c1c(Cl)cccc1C(=O)O. The van der Waals surface area contributed by atoms with Crippen molar-refractivity contribution in [3.8, 4) is 0 Å². The van der Waals surface area contributed by atoms with E-state index in [0.29, 0.717) is 10.7 Å². The van der Waals surface area contributed by atoms with E-state index in [1.165, 1.54) is 0 Å². The lowest BCUT2D eigenvalue weighted by atomic mass is 10.1. The molecular formula is C11H14ClNO2. The number of anilines is 1. The lowest BCUT2D eigenvalue weighted by molar-refractivity contribution is 0.0697. The van der Waals surface area contributed by atoms with Crippen molar-refractivity contribution < 1.29 is 9.90 Å². The molecule has 0 fully saturated rings. The summed E-state index contributed by atoms with van der Waals surface area (Å²) in [6.45, 7) is 5.41. The molecule has 0 saturated carbocycles. The van der Waals surface area contributed by atoms with E-state index < -0.39 is 5.97 Å². The van der Waals surface area contributed by atoms with Gasteiger partial charge in [-0.3, -0.25) is 0 Å². The standard InChI is InChI=1S/C11H14ClNO2/c1-3-13(4-2)10-8(11(14)15)6-5-7-9(10)12/h5-7H,3-4H2,1-2H3,(H,14,15). The molecule has 1 aromatic rings. The third kappa shape index (κ3) is 2.42. The summed E-state index contributed by atoms with van der Waals surface area (Å²) in [4.78, 5) is 13.0. The Morgan fingerprint density at radius 2 is 2.00 bits per heavy atom. The molecule has 0 heterocycles. The van der Waals surface area contributed by atoms with Crippen LogP contribution < -0.4 is 4.90 Å². The van der Waals surface area contributed by atoms with E-state index in [1.54, 1.807) is 18.2 Å². The van der Waals surface area contributed by atoms with Gasteiger partial charge < -0.3 is 10.0 Å². The Kier molecular flexibility index (Phi) is 3.97. The second-order valence-electron chi connectivity index (χ2n) is 3.11. The van der Waals surface area contributed by atoms with Gasteiger partial charge in [-0.15, -0.1) is 0 Å². The van der Waals surface area contributed by atoms with Crippen LogP contribution in [0, 0.1) is 0 Å². The first-order valence-electron chi connectivity index (χ1n) is 4.88. The molecule has 3 nitrogen and oxygen atoms in total. The van der Waals surface area contributed by atoms with Gasteiger partial charge in [-0.05, 0) is 26.0 Å². The van der Waals surface area contributed by atoms with Crippen molar-refractivity contribution >= 4 is 23.3 Å². The Bertz CT molecular complexity index is 362. The quantitative estimate of drug-likeness (QED) is 0.860. The van der Waals surface area contributed by atoms with Crippen molar-refractivity contribution in [2.75, 3.05) is 18.0 Å². The fourth-order valence-corrected chi connectivity index (χ4v) is 1.84. The largest absolute Gasteiger partial charge is 0.478 e. The molecule has 0 unspecified atom stereocenters. The molecule has 4 heteroatoms. The fourth-order valence-electron chi connectivity index (χ4n) is 1.55. The number of hydrogen-bond donors (Lipinski definition) is 1. The lowest BCUT2D eigenvalue weighted by Gasteiger charge is -2.23. The summed E-state index contributed by atoms with van der Waals surface area (Å²) in [5, 5.41) is 9.53. The average molecular weight is 228 g/mol. The molecule has 0 radical (unpaired) electrons. The number of hydrogen-bond acceptors (Lipinski definition) is 2. The Morgan fingerprint density at radius 1 is 1.40 bits per heavy atom. The molecule has 15 heavy (non-hydrogen) atoms. The summed E-state index contributed by atoms with van der Waals surface area (Å²) in [5.41, 5.74) is 0.864. The van der Waals surface area contributed by atoms with Gasteiger partial charge in [0, 0.05) is 13.1 Å². The predicted molar refractivity (Wildman–Crippen MR) is 62.0 cm³/mol. The summed E-state index contributed by atoms with van der Waals surface area (Å²) in [7, 11) is 0. The van der Waals surface area contributed by atoms with E-state index in [-0.39, 0.29) is 5.56 Å². The second-order valence-corrected chi connectivity index (χ2v) is 3.52. The zero-order valence-electron chi connectivity index (χ0n) is 8.83. The molecule has 0 amide bonds. The summed E-state index contributed by atoms with van der Waals surface area (Å²) < 4.78 is 0. The smallest absolute Gasteiger partial charge is 0.337 e. The number of carboxylic acids is 1. The van der Waals surface area contributed by atoms with Gasteiger partial charge in [-0.2, -0.15) is 0 Å². The van der Waals surface area contributed by atoms with E-state index >= 15 is 0 Å². The first-order valence-corrected chi connectivity index (χ1v) is 5.26. The summed E-state index contributed by atoms with van der Waals surface area (Å²) in [6.07, 6.45) is 0. The molecular weight excluding hydrogens is 214 g/mol. The van der Waals surface area contributed by atoms with Crippen LogP contribution in [-0.2, 0) is 0 Å². The van der Waals surface area contributed by atoms with E-state index in [0.717, 1.165) is 13.1 Å². The number of para-hydroxylation sites is 1. The molecule has 1 aromatic carbocycles. The molecule has 0 aliphatic rings. The van der Waals surface area contributed by atoms with Crippen molar-refractivity contribution in [2.45, 2.75) is 13.8 Å². The first-order chi connectivity index (χ1) is 7.11. The number of carboxylic acid groups (broad SMARTS) is 1. The topological polar surface area (TPSA) is 40.5 Å². The first kappa shape index (κ1) is 11.9. The normalized spacial score (nSPS) is 10.1. The Hall–Kier alpha value is -1.22. The summed E-state index contributed by atoms with van der Waals surface area (Å²) in [5.74, 6) is -0.945. The Morgan fingerprint density at radius 3 is 2.47 bits per heavy atom. The van der Waals surface area contributed by atoms with Gasteiger partial charge in [0.25, 0.3) is 0 Å². The monoisotopic (exact) mass is 227 g/mol. The number of nitrogens with zero attached hydrogens (tertiary/aromatic N) is 1. The zero-order chi connectivity index (χ0) is 11.4. The van der Waals surface area contributed by atoms with E-state index in [4.69, 9.17) is 16.7 Å². The maximum absolute atomic E-state index is 11.0. The van der Waals surface area contributed by atoms with E-state index in [1.807, 2.05) is 18.7 Å². The molecule has 0 spiro atoms. The Labute approximate surface area is 94.3 Å². The maximum Gasteiger partial charge on any atom is 0.337 e. The number of aromatic carboxylic acids is 1. The van der Waals surface area contributed by atoms with Crippen LogP contribution >= 0.6 is 11.6 Å². The molecule has 1 N–H and O–H groups in total. The van der Waals surface area contributed by atoms with Crippen LogP contribution in [0.5, 0.6) is 0 Å². The van der Waals surface area contributed by atoms with Crippen LogP contribution in [0.3, 0.4) is 0 Å². The van der Waals surface area contributed by atoms with Gasteiger partial charge in [0.2, 0.25) is 0 Å². The van der Waals surface area contributed by atoms with Gasteiger partial charge in [-0.25, -0.2) is 4.79 Å². The summed E-state index contributed by atoms with van der Waals surface area (Å²) in [6, 6.07) is 4.93. The second kappa shape index (κ2) is 5.03. The van der Waals surface area contributed by atoms with Crippen molar-refractivity contribution in [3.05, 3.63) is 28.8 Å². The summed E-state index contributed by atoms with van der Waals surface area (Å²) >= 11 is 6.02. The lowest BCUT2D eigenvalue weighted by Crippen LogP contribution is -2.24. The van der Waals surface area contributed by atoms with Crippen molar-refractivity contribution in [1.29, 1.82) is 0 Å². The Balaban J connectivity index is 3.29. The molecule has 0 aliphatic carbocycles. The number of rotatable bonds is 4. The minimum absolute atomic E-state index is 0.256. The van der Waals surface area contributed by atoms with Gasteiger partial charge in [0.15, 0.2) is 0 Å². The number of carbonyl (C=O) groups is 1. The third-order valence-corrected chi connectivity index (χ3v) is 2.60. The highest BCUT2D eigenvalue weighted by atomic mass is 35.5. The van der Waals surface area contributed by atoms with Crippen LogP contribution in [0.1, 0.15) is 24.2 Å². The minimum Gasteiger partial charge on any atom is -0.478 e. The van der Waals surface area contributed by atoms with Gasteiger partial charge >= 0.3 is 5.97 Å². The van der Waals surface area contributed by atoms with Crippen LogP contribution in [0.15, 0.2) is 18.2 Å². The van der Waals surface area contributed by atoms with Gasteiger partial charge in [-0.1, -0.05) is 17.7 Å². The highest BCUT2D eigenvalue weighted by molar-refractivity contribution is 6.34. The fraction of sp³-hybridized carbons (Fsp3) is 0.364. The van der Waals surface area contributed by atoms with Gasteiger partial charge in [0.05, 0.1) is 16.3 Å².